The van der Waals surface area contributed by atoms with Crippen LogP contribution in [0.3, 0.4) is 0 Å². The van der Waals surface area contributed by atoms with Crippen molar-refractivity contribution in [1.29, 1.82) is 0 Å². The summed E-state index contributed by atoms with van der Waals surface area (Å²) in [6.45, 7) is 5.86. The molecule has 1 aliphatic carbocycles. The largest absolute Gasteiger partial charge is 0.478 e. The topological polar surface area (TPSA) is 40.5 Å². The molecule has 1 saturated carbocycles. The molecule has 1 aromatic carbocycles. The van der Waals surface area contributed by atoms with Crippen LogP contribution in [0.25, 0.3) is 0 Å². The Labute approximate surface area is 125 Å². The minimum absolute atomic E-state index is 0.00697. The standard InChI is InChI=1S/C17H24FNO2/c1-12(2)10-19(15-5-3-4-6-15)11-14-8-7-13(17(20)21)9-16(14)18/h7-9,12,15H,3-6,10-11H2,1-2H3,(H,20,21). The van der Waals surface area contributed by atoms with Gasteiger partial charge in [-0.05, 0) is 30.9 Å². The van der Waals surface area contributed by atoms with Crippen LogP contribution in [0, 0.1) is 11.7 Å². The van der Waals surface area contributed by atoms with E-state index in [0.29, 0.717) is 24.1 Å². The molecule has 0 radical (unpaired) electrons. The van der Waals surface area contributed by atoms with Gasteiger partial charge in [-0.2, -0.15) is 0 Å². The highest BCUT2D eigenvalue weighted by molar-refractivity contribution is 5.87. The van der Waals surface area contributed by atoms with Crippen molar-refractivity contribution in [2.75, 3.05) is 6.54 Å². The monoisotopic (exact) mass is 293 g/mol. The fourth-order valence-electron chi connectivity index (χ4n) is 3.11. The SMILES string of the molecule is CC(C)CN(Cc1ccc(C(=O)O)cc1F)C1CCCC1. The van der Waals surface area contributed by atoms with Crippen LogP contribution in [0.15, 0.2) is 18.2 Å². The second kappa shape index (κ2) is 7.03. The van der Waals surface area contributed by atoms with Crippen molar-refractivity contribution in [3.05, 3.63) is 35.1 Å². The summed E-state index contributed by atoms with van der Waals surface area (Å²) in [5, 5.41) is 8.90. The molecule has 0 bridgehead atoms. The lowest BCUT2D eigenvalue weighted by Gasteiger charge is -2.30. The van der Waals surface area contributed by atoms with Crippen molar-refractivity contribution < 1.29 is 14.3 Å². The Morgan fingerprint density at radius 3 is 2.57 bits per heavy atom. The Hall–Kier alpha value is -1.42. The first kappa shape index (κ1) is 16.0. The highest BCUT2D eigenvalue weighted by Crippen LogP contribution is 2.26. The van der Waals surface area contributed by atoms with Crippen molar-refractivity contribution in [3.8, 4) is 0 Å². The normalized spacial score (nSPS) is 16.0. The lowest BCUT2D eigenvalue weighted by atomic mass is 10.1. The summed E-state index contributed by atoms with van der Waals surface area (Å²) in [6.07, 6.45) is 4.86. The highest BCUT2D eigenvalue weighted by Gasteiger charge is 2.24. The summed E-state index contributed by atoms with van der Waals surface area (Å²) in [7, 11) is 0. The number of aromatic carboxylic acids is 1. The van der Waals surface area contributed by atoms with Crippen molar-refractivity contribution in [1.82, 2.24) is 4.90 Å². The number of carbonyl (C=O) groups is 1. The van der Waals surface area contributed by atoms with E-state index < -0.39 is 11.8 Å². The quantitative estimate of drug-likeness (QED) is 0.864. The van der Waals surface area contributed by atoms with Gasteiger partial charge in [-0.15, -0.1) is 0 Å². The molecule has 3 nitrogen and oxygen atoms in total. The van der Waals surface area contributed by atoms with E-state index in [9.17, 15) is 9.18 Å². The minimum Gasteiger partial charge on any atom is -0.478 e. The van der Waals surface area contributed by atoms with E-state index in [2.05, 4.69) is 18.7 Å². The molecule has 21 heavy (non-hydrogen) atoms. The molecule has 0 heterocycles. The van der Waals surface area contributed by atoms with Crippen LogP contribution < -0.4 is 0 Å². The van der Waals surface area contributed by atoms with Crippen LogP contribution in [0.2, 0.25) is 0 Å². The zero-order chi connectivity index (χ0) is 15.4. The highest BCUT2D eigenvalue weighted by atomic mass is 19.1. The minimum atomic E-state index is -1.09. The molecule has 4 heteroatoms. The summed E-state index contributed by atoms with van der Waals surface area (Å²) in [5.41, 5.74) is 0.597. The molecule has 1 aliphatic rings. The summed E-state index contributed by atoms with van der Waals surface area (Å²) in [5.74, 6) is -0.969. The van der Waals surface area contributed by atoms with E-state index in [4.69, 9.17) is 5.11 Å². The second-order valence-corrected chi connectivity index (χ2v) is 6.37. The van der Waals surface area contributed by atoms with E-state index in [1.54, 1.807) is 6.07 Å². The first-order valence-corrected chi connectivity index (χ1v) is 7.73. The number of hydrogen-bond donors (Lipinski definition) is 1. The van der Waals surface area contributed by atoms with Gasteiger partial charge in [-0.1, -0.05) is 32.8 Å². The number of hydrogen-bond acceptors (Lipinski definition) is 2. The van der Waals surface area contributed by atoms with Crippen LogP contribution in [0.4, 0.5) is 4.39 Å². The summed E-state index contributed by atoms with van der Waals surface area (Å²) in [6, 6.07) is 4.76. The van der Waals surface area contributed by atoms with Gasteiger partial charge in [0.05, 0.1) is 5.56 Å². The maximum Gasteiger partial charge on any atom is 0.335 e. The molecule has 0 saturated heterocycles. The predicted octanol–water partition coefficient (Wildman–Crippen LogP) is 3.92. The lowest BCUT2D eigenvalue weighted by molar-refractivity contribution is 0.0696. The zero-order valence-electron chi connectivity index (χ0n) is 12.8. The van der Waals surface area contributed by atoms with E-state index in [0.717, 1.165) is 12.6 Å². The molecular weight excluding hydrogens is 269 g/mol. The lowest BCUT2D eigenvalue weighted by Crippen LogP contribution is -2.36. The Kier molecular flexibility index (Phi) is 5.34. The van der Waals surface area contributed by atoms with Gasteiger partial charge in [0.25, 0.3) is 0 Å². The maximum absolute atomic E-state index is 14.1. The second-order valence-electron chi connectivity index (χ2n) is 6.37. The van der Waals surface area contributed by atoms with Crippen molar-refractivity contribution in [3.63, 3.8) is 0 Å². The molecule has 1 aromatic rings. The molecule has 0 unspecified atom stereocenters. The third-order valence-corrected chi connectivity index (χ3v) is 4.11. The molecule has 2 rings (SSSR count). The Bertz CT molecular complexity index is 496. The molecule has 1 N–H and O–H groups in total. The van der Waals surface area contributed by atoms with Gasteiger partial charge in [0, 0.05) is 24.7 Å². The van der Waals surface area contributed by atoms with Gasteiger partial charge in [-0.3, -0.25) is 4.90 Å². The zero-order valence-corrected chi connectivity index (χ0v) is 12.8. The number of benzene rings is 1. The van der Waals surface area contributed by atoms with Crippen molar-refractivity contribution in [2.45, 2.75) is 52.1 Å². The third-order valence-electron chi connectivity index (χ3n) is 4.11. The van der Waals surface area contributed by atoms with E-state index in [-0.39, 0.29) is 5.56 Å². The molecule has 116 valence electrons. The van der Waals surface area contributed by atoms with Gasteiger partial charge >= 0.3 is 5.97 Å². The van der Waals surface area contributed by atoms with Gasteiger partial charge in [0.15, 0.2) is 0 Å². The van der Waals surface area contributed by atoms with Crippen LogP contribution in [0.1, 0.15) is 55.5 Å². The number of halogens is 1. The Balaban J connectivity index is 2.13. The van der Waals surface area contributed by atoms with Crippen molar-refractivity contribution >= 4 is 5.97 Å². The molecule has 0 aromatic heterocycles. The van der Waals surface area contributed by atoms with Gasteiger partial charge in [0.2, 0.25) is 0 Å². The molecule has 0 spiro atoms. The third kappa shape index (κ3) is 4.27. The summed E-state index contributed by atoms with van der Waals surface area (Å²) in [4.78, 5) is 13.2. The number of carboxylic acids is 1. The van der Waals surface area contributed by atoms with E-state index in [1.807, 2.05) is 0 Å². The summed E-state index contributed by atoms with van der Waals surface area (Å²) < 4.78 is 14.1. The van der Waals surface area contributed by atoms with Crippen LogP contribution in [-0.4, -0.2) is 28.6 Å². The molecule has 0 aliphatic heterocycles. The molecule has 1 fully saturated rings. The van der Waals surface area contributed by atoms with Gasteiger partial charge < -0.3 is 5.11 Å². The number of rotatable bonds is 6. The molecular formula is C17H24FNO2. The number of carboxylic acid groups (broad SMARTS) is 1. The average molecular weight is 293 g/mol. The van der Waals surface area contributed by atoms with Crippen molar-refractivity contribution in [2.24, 2.45) is 5.92 Å². The van der Waals surface area contributed by atoms with Crippen LogP contribution in [0.5, 0.6) is 0 Å². The fraction of sp³-hybridized carbons (Fsp3) is 0.588. The fourth-order valence-corrected chi connectivity index (χ4v) is 3.11. The Morgan fingerprint density at radius 1 is 1.38 bits per heavy atom. The van der Waals surface area contributed by atoms with Gasteiger partial charge in [0.1, 0.15) is 5.82 Å². The summed E-state index contributed by atoms with van der Waals surface area (Å²) >= 11 is 0. The first-order valence-electron chi connectivity index (χ1n) is 7.73. The Morgan fingerprint density at radius 2 is 2.05 bits per heavy atom. The molecule has 0 atom stereocenters. The van der Waals surface area contributed by atoms with E-state index >= 15 is 0 Å². The number of nitrogens with zero attached hydrogens (tertiary/aromatic N) is 1. The van der Waals surface area contributed by atoms with Crippen LogP contribution in [-0.2, 0) is 6.54 Å². The first-order chi connectivity index (χ1) is 9.97. The van der Waals surface area contributed by atoms with Gasteiger partial charge in [-0.25, -0.2) is 9.18 Å². The van der Waals surface area contributed by atoms with E-state index in [1.165, 1.54) is 31.7 Å². The molecule has 0 amide bonds. The smallest absolute Gasteiger partial charge is 0.335 e. The maximum atomic E-state index is 14.1. The predicted molar refractivity (Wildman–Crippen MR) is 80.9 cm³/mol. The average Bonchev–Trinajstić information content (AvgIpc) is 2.93. The van der Waals surface area contributed by atoms with Crippen LogP contribution >= 0.6 is 0 Å².